The van der Waals surface area contributed by atoms with Crippen LogP contribution in [0.3, 0.4) is 0 Å². The Morgan fingerprint density at radius 1 is 1.21 bits per heavy atom. The Morgan fingerprint density at radius 3 is 2.64 bits per heavy atom. The fourth-order valence-corrected chi connectivity index (χ4v) is 3.23. The molecule has 1 N–H and O–H groups in total. The molecular weight excluding hydrogens is 174 g/mol. The van der Waals surface area contributed by atoms with E-state index in [-0.39, 0.29) is 0 Å². The van der Waals surface area contributed by atoms with Crippen molar-refractivity contribution in [2.45, 2.75) is 57.3 Å². The first-order chi connectivity index (χ1) is 6.83. The summed E-state index contributed by atoms with van der Waals surface area (Å²) in [4.78, 5) is 0. The average Bonchev–Trinajstić information content (AvgIpc) is 2.77. The van der Waals surface area contributed by atoms with Gasteiger partial charge in [-0.15, -0.1) is 0 Å². The quantitative estimate of drug-likeness (QED) is 0.743. The molecule has 1 aliphatic carbocycles. The molecule has 2 bridgehead atoms. The van der Waals surface area contributed by atoms with Crippen molar-refractivity contribution in [3.63, 3.8) is 0 Å². The number of nitrogens with one attached hydrogen (secondary N) is 1. The molecule has 3 aliphatic rings. The lowest BCUT2D eigenvalue weighted by Crippen LogP contribution is -2.45. The molecule has 3 fully saturated rings. The van der Waals surface area contributed by atoms with Crippen molar-refractivity contribution in [2.24, 2.45) is 11.8 Å². The summed E-state index contributed by atoms with van der Waals surface area (Å²) in [5.41, 5.74) is 0. The third kappa shape index (κ3) is 1.49. The van der Waals surface area contributed by atoms with E-state index in [1.165, 1.54) is 38.6 Å². The predicted molar refractivity (Wildman–Crippen MR) is 56.2 cm³/mol. The fourth-order valence-electron chi connectivity index (χ4n) is 3.23. The van der Waals surface area contributed by atoms with E-state index < -0.39 is 0 Å². The Balaban J connectivity index is 1.45. The van der Waals surface area contributed by atoms with Crippen LogP contribution in [0.5, 0.6) is 0 Å². The molecule has 2 heterocycles. The Morgan fingerprint density at radius 2 is 2.14 bits per heavy atom. The molecule has 0 spiro atoms. The van der Waals surface area contributed by atoms with Gasteiger partial charge in [0.1, 0.15) is 0 Å². The van der Waals surface area contributed by atoms with Crippen molar-refractivity contribution in [3.05, 3.63) is 0 Å². The highest BCUT2D eigenvalue weighted by Gasteiger charge is 2.40. The number of ether oxygens (including phenoxy) is 1. The summed E-state index contributed by atoms with van der Waals surface area (Å²) >= 11 is 0. The van der Waals surface area contributed by atoms with Crippen molar-refractivity contribution >= 4 is 0 Å². The molecule has 2 unspecified atom stereocenters. The van der Waals surface area contributed by atoms with Gasteiger partial charge in [-0.1, -0.05) is 6.92 Å². The Kier molecular flexibility index (Phi) is 2.29. The number of hydrogen-bond acceptors (Lipinski definition) is 2. The van der Waals surface area contributed by atoms with Crippen molar-refractivity contribution in [1.29, 1.82) is 0 Å². The van der Waals surface area contributed by atoms with Gasteiger partial charge in [-0.3, -0.25) is 0 Å². The summed E-state index contributed by atoms with van der Waals surface area (Å²) in [5, 5.41) is 3.72. The Labute approximate surface area is 86.4 Å². The molecule has 2 nitrogen and oxygen atoms in total. The van der Waals surface area contributed by atoms with Crippen molar-refractivity contribution in [3.8, 4) is 0 Å². The SMILES string of the molecule is CC1CCC1NC[C@H]1C[C@H]2CC[C@@H]1O2. The molecule has 0 aromatic rings. The summed E-state index contributed by atoms with van der Waals surface area (Å²) in [6, 6.07) is 0.814. The van der Waals surface area contributed by atoms with Gasteiger partial charge in [-0.05, 0) is 38.0 Å². The molecule has 2 aliphatic heterocycles. The maximum atomic E-state index is 5.86. The van der Waals surface area contributed by atoms with E-state index in [1.54, 1.807) is 0 Å². The summed E-state index contributed by atoms with van der Waals surface area (Å²) in [6.07, 6.45) is 7.98. The highest BCUT2D eigenvalue weighted by molar-refractivity contribution is 4.92. The molecule has 5 atom stereocenters. The molecule has 0 aromatic heterocycles. The van der Waals surface area contributed by atoms with Gasteiger partial charge in [0.25, 0.3) is 0 Å². The van der Waals surface area contributed by atoms with E-state index in [2.05, 4.69) is 12.2 Å². The Bertz CT molecular complexity index is 218. The molecule has 3 rings (SSSR count). The van der Waals surface area contributed by atoms with Crippen LogP contribution in [0.15, 0.2) is 0 Å². The van der Waals surface area contributed by atoms with Crippen LogP contribution in [0, 0.1) is 11.8 Å². The third-order valence-electron chi connectivity index (χ3n) is 4.49. The number of rotatable bonds is 3. The lowest BCUT2D eigenvalue weighted by atomic mass is 9.80. The zero-order chi connectivity index (χ0) is 9.54. The topological polar surface area (TPSA) is 21.3 Å². The van der Waals surface area contributed by atoms with Crippen LogP contribution in [-0.4, -0.2) is 24.8 Å². The van der Waals surface area contributed by atoms with E-state index in [0.29, 0.717) is 12.2 Å². The summed E-state index contributed by atoms with van der Waals surface area (Å²) in [6.45, 7) is 3.56. The first-order valence-corrected chi connectivity index (χ1v) is 6.22. The second kappa shape index (κ2) is 3.49. The number of hydrogen-bond donors (Lipinski definition) is 1. The zero-order valence-corrected chi connectivity index (χ0v) is 9.04. The van der Waals surface area contributed by atoms with Crippen molar-refractivity contribution in [2.75, 3.05) is 6.54 Å². The first kappa shape index (κ1) is 9.17. The molecule has 0 aromatic carbocycles. The van der Waals surface area contributed by atoms with Gasteiger partial charge >= 0.3 is 0 Å². The molecular formula is C12H21NO. The second-order valence-electron chi connectivity index (χ2n) is 5.44. The van der Waals surface area contributed by atoms with E-state index in [9.17, 15) is 0 Å². The van der Waals surface area contributed by atoms with Gasteiger partial charge in [-0.25, -0.2) is 0 Å². The van der Waals surface area contributed by atoms with Crippen LogP contribution in [0.4, 0.5) is 0 Å². The van der Waals surface area contributed by atoms with Crippen LogP contribution < -0.4 is 5.32 Å². The largest absolute Gasteiger partial charge is 0.375 e. The lowest BCUT2D eigenvalue weighted by Gasteiger charge is -2.36. The molecule has 0 radical (unpaired) electrons. The molecule has 0 amide bonds. The lowest BCUT2D eigenvalue weighted by molar-refractivity contribution is 0.0902. The smallest absolute Gasteiger partial charge is 0.0621 e. The van der Waals surface area contributed by atoms with E-state index in [4.69, 9.17) is 4.74 Å². The van der Waals surface area contributed by atoms with Gasteiger partial charge < -0.3 is 10.1 Å². The van der Waals surface area contributed by atoms with E-state index >= 15 is 0 Å². The maximum Gasteiger partial charge on any atom is 0.0621 e. The van der Waals surface area contributed by atoms with Crippen LogP contribution in [-0.2, 0) is 4.74 Å². The van der Waals surface area contributed by atoms with E-state index in [1.807, 2.05) is 0 Å². The standard InChI is InChI=1S/C12H21NO/c1-8-2-4-11(8)13-7-9-6-10-3-5-12(9)14-10/h8-13H,2-7H2,1H3/t8?,9-,10-,11?,12+/m1/s1. The third-order valence-corrected chi connectivity index (χ3v) is 4.49. The highest BCUT2D eigenvalue weighted by Crippen LogP contribution is 2.38. The fraction of sp³-hybridized carbons (Fsp3) is 1.00. The highest BCUT2D eigenvalue weighted by atomic mass is 16.5. The average molecular weight is 195 g/mol. The molecule has 80 valence electrons. The normalized spacial score (nSPS) is 50.8. The van der Waals surface area contributed by atoms with Gasteiger partial charge in [0, 0.05) is 18.5 Å². The van der Waals surface area contributed by atoms with Gasteiger partial charge in [0.2, 0.25) is 0 Å². The summed E-state index contributed by atoms with van der Waals surface area (Å²) in [7, 11) is 0. The van der Waals surface area contributed by atoms with Crippen LogP contribution >= 0.6 is 0 Å². The minimum Gasteiger partial charge on any atom is -0.375 e. The monoisotopic (exact) mass is 195 g/mol. The molecule has 2 heteroatoms. The minimum absolute atomic E-state index is 0.600. The van der Waals surface area contributed by atoms with E-state index in [0.717, 1.165) is 17.9 Å². The van der Waals surface area contributed by atoms with Crippen molar-refractivity contribution in [1.82, 2.24) is 5.32 Å². The van der Waals surface area contributed by atoms with Gasteiger partial charge in [0.15, 0.2) is 0 Å². The minimum atomic E-state index is 0.600. The molecule has 2 saturated heterocycles. The van der Waals surface area contributed by atoms with Crippen LogP contribution in [0.25, 0.3) is 0 Å². The van der Waals surface area contributed by atoms with Crippen LogP contribution in [0.1, 0.15) is 39.0 Å². The second-order valence-corrected chi connectivity index (χ2v) is 5.44. The summed E-state index contributed by atoms with van der Waals surface area (Å²) < 4.78 is 5.86. The molecule has 1 saturated carbocycles. The zero-order valence-electron chi connectivity index (χ0n) is 9.04. The Hall–Kier alpha value is -0.0800. The number of fused-ring (bicyclic) bond motifs is 2. The van der Waals surface area contributed by atoms with Gasteiger partial charge in [0.05, 0.1) is 12.2 Å². The van der Waals surface area contributed by atoms with Crippen molar-refractivity contribution < 1.29 is 4.74 Å². The summed E-state index contributed by atoms with van der Waals surface area (Å²) in [5.74, 6) is 1.73. The predicted octanol–water partition coefficient (Wildman–Crippen LogP) is 1.94. The molecule has 14 heavy (non-hydrogen) atoms. The maximum absolute atomic E-state index is 5.86. The first-order valence-electron chi connectivity index (χ1n) is 6.22. The van der Waals surface area contributed by atoms with Gasteiger partial charge in [-0.2, -0.15) is 0 Å². The van der Waals surface area contributed by atoms with Crippen LogP contribution in [0.2, 0.25) is 0 Å².